The van der Waals surface area contributed by atoms with Crippen LogP contribution in [-0.4, -0.2) is 5.11 Å². The topological polar surface area (TPSA) is 20.2 Å². The molecule has 0 aromatic heterocycles. The van der Waals surface area contributed by atoms with Crippen LogP contribution in [0.1, 0.15) is 22.3 Å². The second-order valence-electron chi connectivity index (χ2n) is 4.22. The molecule has 1 N–H and O–H groups in total. The Morgan fingerprint density at radius 2 is 1.56 bits per heavy atom. The second kappa shape index (κ2) is 4.46. The van der Waals surface area contributed by atoms with Gasteiger partial charge in [-0.25, -0.2) is 0 Å². The first kappa shape index (κ1) is 11.3. The Morgan fingerprint density at radius 1 is 0.833 bits per heavy atom. The average Bonchev–Trinajstić information content (AvgIpc) is 2.36. The van der Waals surface area contributed by atoms with Gasteiger partial charge in [0.05, 0.1) is 0 Å². The monoisotopic (exact) mass is 298 g/mol. The Kier molecular flexibility index (Phi) is 2.80. The summed E-state index contributed by atoms with van der Waals surface area (Å²) in [4.78, 5) is 0. The molecule has 0 atom stereocenters. The van der Waals surface area contributed by atoms with E-state index in [4.69, 9.17) is 0 Å². The van der Waals surface area contributed by atoms with Gasteiger partial charge in [0, 0.05) is 10.0 Å². The maximum Gasteiger partial charge on any atom is 0.124 e. The fraction of sp³-hybridized carbons (Fsp3) is 0. The molecule has 18 heavy (non-hydrogen) atoms. The lowest BCUT2D eigenvalue weighted by atomic mass is 9.97. The molecular weight excluding hydrogens is 288 g/mol. The van der Waals surface area contributed by atoms with Crippen LogP contribution >= 0.6 is 15.9 Å². The molecule has 0 amide bonds. The number of hydrogen-bond donors (Lipinski definition) is 1. The molecular formula is C16H11BrO. The summed E-state index contributed by atoms with van der Waals surface area (Å²) in [6.45, 7) is 0. The molecule has 0 unspecified atom stereocenters. The Bertz CT molecular complexity index is 669. The van der Waals surface area contributed by atoms with Crippen LogP contribution in [0.4, 0.5) is 0 Å². The van der Waals surface area contributed by atoms with Gasteiger partial charge in [0.25, 0.3) is 0 Å². The van der Waals surface area contributed by atoms with Crippen LogP contribution in [-0.2, 0) is 0 Å². The summed E-state index contributed by atoms with van der Waals surface area (Å²) in [7, 11) is 0. The minimum absolute atomic E-state index is 0.300. The van der Waals surface area contributed by atoms with Crippen molar-refractivity contribution in [1.82, 2.24) is 0 Å². The van der Waals surface area contributed by atoms with Crippen molar-refractivity contribution in [2.75, 3.05) is 0 Å². The summed E-state index contributed by atoms with van der Waals surface area (Å²) in [5, 5.41) is 10.2. The Morgan fingerprint density at radius 3 is 2.39 bits per heavy atom. The third-order valence-electron chi connectivity index (χ3n) is 3.02. The summed E-state index contributed by atoms with van der Waals surface area (Å²) in [6.07, 6.45) is 5.91. The van der Waals surface area contributed by atoms with E-state index in [2.05, 4.69) is 22.0 Å². The van der Waals surface area contributed by atoms with Gasteiger partial charge in [-0.3, -0.25) is 0 Å². The number of rotatable bonds is 0. The van der Waals surface area contributed by atoms with Gasteiger partial charge >= 0.3 is 0 Å². The highest BCUT2D eigenvalue weighted by molar-refractivity contribution is 9.10. The van der Waals surface area contributed by atoms with Crippen molar-refractivity contribution in [3.8, 4) is 0 Å². The van der Waals surface area contributed by atoms with Crippen LogP contribution in [0.5, 0.6) is 0 Å². The quantitative estimate of drug-likeness (QED) is 0.726. The normalized spacial score (nSPS) is 13.1. The molecule has 0 aliphatic heterocycles. The lowest BCUT2D eigenvalue weighted by Gasteiger charge is -2.11. The van der Waals surface area contributed by atoms with Crippen molar-refractivity contribution in [3.05, 3.63) is 69.2 Å². The molecule has 0 bridgehead atoms. The molecule has 1 nitrogen and oxygen atoms in total. The molecule has 2 aromatic rings. The van der Waals surface area contributed by atoms with Crippen molar-refractivity contribution >= 4 is 39.9 Å². The Balaban J connectivity index is 2.24. The van der Waals surface area contributed by atoms with Gasteiger partial charge in [-0.1, -0.05) is 52.3 Å². The third kappa shape index (κ3) is 2.00. The van der Waals surface area contributed by atoms with Crippen LogP contribution in [0.25, 0.3) is 24.0 Å². The molecule has 0 saturated heterocycles. The lowest BCUT2D eigenvalue weighted by molar-refractivity contribution is 0.515. The van der Waals surface area contributed by atoms with E-state index < -0.39 is 0 Å². The highest BCUT2D eigenvalue weighted by Gasteiger charge is 2.09. The van der Waals surface area contributed by atoms with Crippen LogP contribution in [0.3, 0.4) is 0 Å². The Labute approximate surface area is 114 Å². The maximum atomic E-state index is 10.2. The zero-order valence-corrected chi connectivity index (χ0v) is 11.2. The summed E-state index contributed by atoms with van der Waals surface area (Å²) in [6, 6.07) is 13.9. The van der Waals surface area contributed by atoms with Crippen molar-refractivity contribution in [1.29, 1.82) is 0 Å². The van der Waals surface area contributed by atoms with Crippen LogP contribution in [0, 0.1) is 0 Å². The van der Waals surface area contributed by atoms with Gasteiger partial charge < -0.3 is 5.11 Å². The van der Waals surface area contributed by atoms with E-state index in [1.807, 2.05) is 54.6 Å². The zero-order chi connectivity index (χ0) is 12.5. The van der Waals surface area contributed by atoms with E-state index in [0.29, 0.717) is 5.76 Å². The number of aliphatic hydroxyl groups is 1. The van der Waals surface area contributed by atoms with Crippen LogP contribution < -0.4 is 0 Å². The predicted octanol–water partition coefficient (Wildman–Crippen LogP) is 4.99. The first-order valence-electron chi connectivity index (χ1n) is 5.72. The van der Waals surface area contributed by atoms with E-state index in [0.717, 1.165) is 26.7 Å². The number of benzene rings is 2. The standard InChI is InChI=1S/C16H11BrO/c17-14-7-8-15-13(9-14)6-5-11-3-1-2-4-12(11)10-16(15)18/h1-10,18H. The van der Waals surface area contributed by atoms with Crippen LogP contribution in [0.15, 0.2) is 46.9 Å². The van der Waals surface area contributed by atoms with E-state index in [1.165, 1.54) is 0 Å². The minimum atomic E-state index is 0.300. The van der Waals surface area contributed by atoms with Crippen molar-refractivity contribution in [2.45, 2.75) is 0 Å². The summed E-state index contributed by atoms with van der Waals surface area (Å²) < 4.78 is 1.01. The van der Waals surface area contributed by atoms with E-state index in [1.54, 1.807) is 0 Å². The van der Waals surface area contributed by atoms with Crippen molar-refractivity contribution < 1.29 is 5.11 Å². The predicted molar refractivity (Wildman–Crippen MR) is 80.0 cm³/mol. The van der Waals surface area contributed by atoms with Crippen molar-refractivity contribution in [2.24, 2.45) is 0 Å². The molecule has 0 fully saturated rings. The van der Waals surface area contributed by atoms with Crippen LogP contribution in [0.2, 0.25) is 0 Å². The largest absolute Gasteiger partial charge is 0.507 e. The molecule has 1 aliphatic carbocycles. The number of fused-ring (bicyclic) bond motifs is 2. The molecule has 88 valence electrons. The van der Waals surface area contributed by atoms with E-state index in [9.17, 15) is 5.11 Å². The molecule has 0 radical (unpaired) electrons. The SMILES string of the molecule is OC1=Cc2ccccc2C=Cc2cc(Br)ccc21. The van der Waals surface area contributed by atoms with Gasteiger partial charge in [-0.2, -0.15) is 0 Å². The first-order valence-corrected chi connectivity index (χ1v) is 6.51. The number of aliphatic hydroxyl groups excluding tert-OH is 1. The van der Waals surface area contributed by atoms with Gasteiger partial charge in [0.15, 0.2) is 0 Å². The molecule has 0 spiro atoms. The van der Waals surface area contributed by atoms with Gasteiger partial charge in [0.2, 0.25) is 0 Å². The molecule has 0 heterocycles. The number of halogens is 1. The fourth-order valence-electron chi connectivity index (χ4n) is 2.10. The summed E-state index contributed by atoms with van der Waals surface area (Å²) >= 11 is 3.45. The highest BCUT2D eigenvalue weighted by Crippen LogP contribution is 2.28. The minimum Gasteiger partial charge on any atom is -0.507 e. The summed E-state index contributed by atoms with van der Waals surface area (Å²) in [5.41, 5.74) is 3.99. The average molecular weight is 299 g/mol. The van der Waals surface area contributed by atoms with Gasteiger partial charge in [0.1, 0.15) is 5.76 Å². The molecule has 3 rings (SSSR count). The smallest absolute Gasteiger partial charge is 0.124 e. The molecule has 1 aliphatic rings. The molecule has 2 heteroatoms. The zero-order valence-electron chi connectivity index (χ0n) is 9.60. The van der Waals surface area contributed by atoms with Gasteiger partial charge in [-0.15, -0.1) is 0 Å². The van der Waals surface area contributed by atoms with E-state index in [-0.39, 0.29) is 0 Å². The lowest BCUT2D eigenvalue weighted by Crippen LogP contribution is -1.92. The maximum absolute atomic E-state index is 10.2. The fourth-order valence-corrected chi connectivity index (χ4v) is 2.48. The van der Waals surface area contributed by atoms with Crippen molar-refractivity contribution in [3.63, 3.8) is 0 Å². The third-order valence-corrected chi connectivity index (χ3v) is 3.51. The highest BCUT2D eigenvalue weighted by atomic mass is 79.9. The number of hydrogen-bond acceptors (Lipinski definition) is 1. The van der Waals surface area contributed by atoms with Gasteiger partial charge in [-0.05, 0) is 41.0 Å². The Hall–Kier alpha value is -1.80. The first-order chi connectivity index (χ1) is 8.74. The molecule has 0 saturated carbocycles. The summed E-state index contributed by atoms with van der Waals surface area (Å²) in [5.74, 6) is 0.300. The van der Waals surface area contributed by atoms with E-state index >= 15 is 0 Å². The second-order valence-corrected chi connectivity index (χ2v) is 5.14. The molecule has 2 aromatic carbocycles.